The molecule has 0 heterocycles. The van der Waals surface area contributed by atoms with Gasteiger partial charge in [-0.3, -0.25) is 4.79 Å². The second kappa shape index (κ2) is 7.79. The van der Waals surface area contributed by atoms with Gasteiger partial charge in [0, 0.05) is 21.9 Å². The second-order valence-corrected chi connectivity index (χ2v) is 6.42. The van der Waals surface area contributed by atoms with Crippen LogP contribution in [0.4, 0.5) is 0 Å². The van der Waals surface area contributed by atoms with E-state index in [0.29, 0.717) is 0 Å². The van der Waals surface area contributed by atoms with E-state index in [-0.39, 0.29) is 5.91 Å². The molecule has 2 aromatic rings. The molecule has 0 aliphatic rings. The number of amides is 1. The molecule has 2 aromatic carbocycles. The Bertz CT molecular complexity index is 598. The molecule has 1 N–H and O–H groups in total. The maximum Gasteiger partial charge on any atom is 0.251 e. The summed E-state index contributed by atoms with van der Waals surface area (Å²) in [5.74, 6) is 0.00802. The first-order valence-electron chi connectivity index (χ1n) is 6.74. The number of hydrogen-bond acceptors (Lipinski definition) is 1. The van der Waals surface area contributed by atoms with Crippen LogP contribution in [0.2, 0.25) is 0 Å². The van der Waals surface area contributed by atoms with Crippen LogP contribution in [0.3, 0.4) is 0 Å². The highest BCUT2D eigenvalue weighted by molar-refractivity contribution is 9.10. The molecule has 0 unspecified atom stereocenters. The van der Waals surface area contributed by atoms with Crippen LogP contribution in [0, 0.1) is 0 Å². The lowest BCUT2D eigenvalue weighted by atomic mass is 10.1. The van der Waals surface area contributed by atoms with Crippen LogP contribution in [0.25, 0.3) is 10.8 Å². The molecule has 0 aliphatic heterocycles. The third-order valence-electron chi connectivity index (χ3n) is 3.16. The van der Waals surface area contributed by atoms with Crippen LogP contribution in [-0.4, -0.2) is 17.8 Å². The Labute approximate surface area is 136 Å². The number of rotatable bonds is 6. The quantitative estimate of drug-likeness (QED) is 0.544. The second-order valence-electron chi connectivity index (χ2n) is 4.71. The zero-order chi connectivity index (χ0) is 14.4. The molecule has 20 heavy (non-hydrogen) atoms. The average Bonchev–Trinajstić information content (AvgIpc) is 2.46. The van der Waals surface area contributed by atoms with Gasteiger partial charge in [-0.1, -0.05) is 50.4 Å². The van der Waals surface area contributed by atoms with Gasteiger partial charge in [-0.2, -0.15) is 0 Å². The fourth-order valence-electron chi connectivity index (χ4n) is 2.06. The zero-order valence-corrected chi connectivity index (χ0v) is 14.3. The van der Waals surface area contributed by atoms with Crippen LogP contribution in [0.5, 0.6) is 0 Å². The van der Waals surface area contributed by atoms with E-state index in [9.17, 15) is 4.79 Å². The van der Waals surface area contributed by atoms with E-state index in [2.05, 4.69) is 43.2 Å². The largest absolute Gasteiger partial charge is 0.352 e. The maximum absolute atomic E-state index is 12.1. The molecular weight excluding hydrogens is 382 g/mol. The average molecular weight is 399 g/mol. The van der Waals surface area contributed by atoms with Crippen molar-refractivity contribution in [3.05, 3.63) is 46.4 Å². The molecule has 0 fully saturated rings. The number of hydrogen-bond donors (Lipinski definition) is 1. The highest BCUT2D eigenvalue weighted by atomic mass is 79.9. The van der Waals surface area contributed by atoms with Crippen LogP contribution in [0.15, 0.2) is 40.9 Å². The summed E-state index contributed by atoms with van der Waals surface area (Å²) in [5.41, 5.74) is 0.723. The summed E-state index contributed by atoms with van der Waals surface area (Å²) in [5, 5.41) is 6.22. The first-order valence-corrected chi connectivity index (χ1v) is 8.65. The first kappa shape index (κ1) is 15.5. The van der Waals surface area contributed by atoms with Gasteiger partial charge in [0.25, 0.3) is 5.91 Å². The number of alkyl halides is 1. The molecule has 0 spiro atoms. The Morgan fingerprint density at radius 2 is 1.75 bits per heavy atom. The molecule has 0 saturated heterocycles. The molecular formula is C16H17Br2NO. The summed E-state index contributed by atoms with van der Waals surface area (Å²) in [4.78, 5) is 12.1. The van der Waals surface area contributed by atoms with Crippen LogP contribution in [-0.2, 0) is 0 Å². The van der Waals surface area contributed by atoms with Crippen molar-refractivity contribution >= 4 is 48.5 Å². The van der Waals surface area contributed by atoms with Gasteiger partial charge >= 0.3 is 0 Å². The molecule has 0 saturated carbocycles. The van der Waals surface area contributed by atoms with Crippen molar-refractivity contribution in [2.45, 2.75) is 19.3 Å². The Balaban J connectivity index is 1.98. The van der Waals surface area contributed by atoms with Gasteiger partial charge in [0.2, 0.25) is 0 Å². The molecule has 0 atom stereocenters. The van der Waals surface area contributed by atoms with Gasteiger partial charge in [0.15, 0.2) is 0 Å². The van der Waals surface area contributed by atoms with Crippen LogP contribution in [0.1, 0.15) is 29.6 Å². The third-order valence-corrected chi connectivity index (χ3v) is 4.21. The third kappa shape index (κ3) is 4.32. The summed E-state index contributed by atoms with van der Waals surface area (Å²) in [6.45, 7) is 0.740. The van der Waals surface area contributed by atoms with Gasteiger partial charge in [0.05, 0.1) is 0 Å². The van der Waals surface area contributed by atoms with E-state index in [0.717, 1.165) is 51.9 Å². The summed E-state index contributed by atoms with van der Waals surface area (Å²) < 4.78 is 1.05. The van der Waals surface area contributed by atoms with Crippen molar-refractivity contribution in [2.24, 2.45) is 0 Å². The first-order chi connectivity index (χ1) is 9.70. The van der Waals surface area contributed by atoms with Crippen molar-refractivity contribution in [1.29, 1.82) is 0 Å². The van der Waals surface area contributed by atoms with Crippen molar-refractivity contribution < 1.29 is 4.79 Å². The molecule has 0 bridgehead atoms. The van der Waals surface area contributed by atoms with Gasteiger partial charge in [0.1, 0.15) is 0 Å². The molecule has 2 rings (SSSR count). The van der Waals surface area contributed by atoms with Gasteiger partial charge in [-0.25, -0.2) is 0 Å². The number of fused-ring (bicyclic) bond motifs is 1. The number of carbonyl (C=O) groups excluding carboxylic acids is 1. The van der Waals surface area contributed by atoms with E-state index in [4.69, 9.17) is 0 Å². The van der Waals surface area contributed by atoms with Crippen molar-refractivity contribution in [1.82, 2.24) is 5.32 Å². The highest BCUT2D eigenvalue weighted by Crippen LogP contribution is 2.20. The van der Waals surface area contributed by atoms with E-state index >= 15 is 0 Å². The molecule has 0 aliphatic carbocycles. The topological polar surface area (TPSA) is 29.1 Å². The summed E-state index contributed by atoms with van der Waals surface area (Å²) >= 11 is 6.86. The highest BCUT2D eigenvalue weighted by Gasteiger charge is 2.05. The molecule has 106 valence electrons. The van der Waals surface area contributed by atoms with Crippen LogP contribution >= 0.6 is 31.9 Å². The van der Waals surface area contributed by atoms with Crippen LogP contribution < -0.4 is 5.32 Å². The molecule has 1 amide bonds. The SMILES string of the molecule is O=C(NCCCCCBr)c1ccc2cc(Br)ccc2c1. The Morgan fingerprint density at radius 3 is 2.55 bits per heavy atom. The molecule has 0 aromatic heterocycles. The fourth-order valence-corrected chi connectivity index (χ4v) is 2.83. The number of carbonyl (C=O) groups is 1. The number of benzene rings is 2. The van der Waals surface area contributed by atoms with E-state index in [1.54, 1.807) is 0 Å². The summed E-state index contributed by atoms with van der Waals surface area (Å²) in [7, 11) is 0. The maximum atomic E-state index is 12.1. The van der Waals surface area contributed by atoms with Gasteiger partial charge in [-0.15, -0.1) is 0 Å². The monoisotopic (exact) mass is 397 g/mol. The Kier molecular flexibility index (Phi) is 6.05. The number of nitrogens with one attached hydrogen (secondary N) is 1. The zero-order valence-electron chi connectivity index (χ0n) is 11.2. The van der Waals surface area contributed by atoms with Crippen molar-refractivity contribution in [3.8, 4) is 0 Å². The minimum Gasteiger partial charge on any atom is -0.352 e. The predicted octanol–water partition coefficient (Wildman–Crippen LogP) is 4.90. The fraction of sp³-hybridized carbons (Fsp3) is 0.312. The van der Waals surface area contributed by atoms with Crippen molar-refractivity contribution in [2.75, 3.05) is 11.9 Å². The smallest absolute Gasteiger partial charge is 0.251 e. The minimum absolute atomic E-state index is 0.00802. The Hall–Kier alpha value is -0.870. The lowest BCUT2D eigenvalue weighted by Gasteiger charge is -2.06. The molecule has 4 heteroatoms. The van der Waals surface area contributed by atoms with Gasteiger partial charge in [-0.05, 0) is 47.9 Å². The summed E-state index contributed by atoms with van der Waals surface area (Å²) in [6.07, 6.45) is 3.32. The normalized spacial score (nSPS) is 10.7. The standard InChI is InChI=1S/C16H17Br2NO/c17-8-2-1-3-9-19-16(20)14-5-4-13-11-15(18)7-6-12(13)10-14/h4-7,10-11H,1-3,8-9H2,(H,19,20). The lowest BCUT2D eigenvalue weighted by molar-refractivity contribution is 0.0953. The minimum atomic E-state index is 0.00802. The lowest BCUT2D eigenvalue weighted by Crippen LogP contribution is -2.24. The predicted molar refractivity (Wildman–Crippen MR) is 91.6 cm³/mol. The van der Waals surface area contributed by atoms with E-state index in [1.165, 1.54) is 0 Å². The Morgan fingerprint density at radius 1 is 1.00 bits per heavy atom. The van der Waals surface area contributed by atoms with Gasteiger partial charge < -0.3 is 5.32 Å². The molecule has 2 nitrogen and oxygen atoms in total. The van der Waals surface area contributed by atoms with E-state index < -0.39 is 0 Å². The molecule has 0 radical (unpaired) electrons. The number of halogens is 2. The number of unbranched alkanes of at least 4 members (excludes halogenated alkanes) is 2. The van der Waals surface area contributed by atoms with E-state index in [1.807, 2.05) is 30.3 Å². The van der Waals surface area contributed by atoms with Crippen molar-refractivity contribution in [3.63, 3.8) is 0 Å². The summed E-state index contributed by atoms with van der Waals surface area (Å²) in [6, 6.07) is 11.9.